The number of hydrogen-bond acceptors (Lipinski definition) is 2. The lowest BCUT2D eigenvalue weighted by Crippen LogP contribution is -2.37. The highest BCUT2D eigenvalue weighted by Crippen LogP contribution is 2.53. The first kappa shape index (κ1) is 19.5. The van der Waals surface area contributed by atoms with Crippen LogP contribution in [0.2, 0.25) is 19.6 Å². The lowest BCUT2D eigenvalue weighted by Gasteiger charge is -2.39. The van der Waals surface area contributed by atoms with Crippen LogP contribution in [-0.2, 0) is 9.22 Å². The third-order valence-electron chi connectivity index (χ3n) is 5.40. The van der Waals surface area contributed by atoms with Gasteiger partial charge in [0.05, 0.1) is 0 Å². The van der Waals surface area contributed by atoms with Crippen LogP contribution in [0.4, 0.5) is 0 Å². The molecule has 1 saturated carbocycles. The predicted octanol–water partition coefficient (Wildman–Crippen LogP) is 5.35. The van der Waals surface area contributed by atoms with Crippen molar-refractivity contribution in [2.24, 2.45) is 17.3 Å². The molecule has 0 unspecified atom stereocenters. The number of fused-ring (bicyclic) bond motifs is 1. The summed E-state index contributed by atoms with van der Waals surface area (Å²) in [5.41, 5.74) is 1.18. The fourth-order valence-electron chi connectivity index (χ4n) is 4.63. The molecule has 3 heteroatoms. The standard InChI is InChI=1S/C21H34O2Si/c1-16(10-8-14-20(2,3)23-24(5,6)7)17-12-13-18-19(22)11-9-15-21(17,18)4/h12,16,18H,9-11,13,15H2,1-7H3/t16-,18-,21+/m1/s1. The molecule has 2 nitrogen and oxygen atoms in total. The summed E-state index contributed by atoms with van der Waals surface area (Å²) in [6.07, 6.45) is 7.09. The van der Waals surface area contributed by atoms with E-state index in [1.165, 1.54) is 5.57 Å². The molecule has 0 heterocycles. The van der Waals surface area contributed by atoms with Crippen molar-refractivity contribution >= 4 is 14.1 Å². The van der Waals surface area contributed by atoms with Crippen molar-refractivity contribution in [3.05, 3.63) is 11.6 Å². The third kappa shape index (κ3) is 4.40. The summed E-state index contributed by atoms with van der Waals surface area (Å²) in [6.45, 7) is 15.3. The van der Waals surface area contributed by atoms with Crippen LogP contribution in [0.15, 0.2) is 11.6 Å². The monoisotopic (exact) mass is 346 g/mol. The highest BCUT2D eigenvalue weighted by molar-refractivity contribution is 6.69. The first-order valence-corrected chi connectivity index (χ1v) is 12.8. The number of ketones is 1. The van der Waals surface area contributed by atoms with E-state index >= 15 is 0 Å². The van der Waals surface area contributed by atoms with Gasteiger partial charge in [-0.1, -0.05) is 37.3 Å². The van der Waals surface area contributed by atoms with Gasteiger partial charge in [-0.05, 0) is 64.1 Å². The number of rotatable bonds is 4. The van der Waals surface area contributed by atoms with E-state index in [9.17, 15) is 4.79 Å². The van der Waals surface area contributed by atoms with Crippen molar-refractivity contribution in [3.63, 3.8) is 0 Å². The van der Waals surface area contributed by atoms with Gasteiger partial charge in [-0.3, -0.25) is 4.79 Å². The van der Waals surface area contributed by atoms with Crippen molar-refractivity contribution in [1.29, 1.82) is 0 Å². The summed E-state index contributed by atoms with van der Waals surface area (Å²) < 4.78 is 6.16. The molecule has 0 bridgehead atoms. The van der Waals surface area contributed by atoms with Gasteiger partial charge in [0.1, 0.15) is 11.4 Å². The maximum atomic E-state index is 12.3. The Morgan fingerprint density at radius 1 is 1.42 bits per heavy atom. The Kier molecular flexibility index (Phi) is 5.52. The molecule has 2 aliphatic carbocycles. The zero-order valence-corrected chi connectivity index (χ0v) is 17.6. The molecule has 0 saturated heterocycles. The molecule has 0 amide bonds. The van der Waals surface area contributed by atoms with Gasteiger partial charge < -0.3 is 4.43 Å². The number of carbonyl (C=O) groups excluding carboxylic acids is 1. The normalized spacial score (nSPS) is 28.7. The molecule has 2 aliphatic rings. The van der Waals surface area contributed by atoms with Crippen molar-refractivity contribution in [3.8, 4) is 11.8 Å². The van der Waals surface area contributed by atoms with Crippen molar-refractivity contribution in [2.45, 2.75) is 85.0 Å². The number of Topliss-reactive ketones (excluding diaryl/α,β-unsaturated/α-hetero) is 1. The lowest BCUT2D eigenvalue weighted by molar-refractivity contribution is -0.128. The van der Waals surface area contributed by atoms with Crippen LogP contribution in [0.1, 0.15) is 59.8 Å². The lowest BCUT2D eigenvalue weighted by atomic mass is 9.63. The molecule has 0 aromatic carbocycles. The van der Waals surface area contributed by atoms with E-state index in [0.717, 1.165) is 32.1 Å². The van der Waals surface area contributed by atoms with Crippen LogP contribution in [0.25, 0.3) is 0 Å². The molecular weight excluding hydrogens is 312 g/mol. The van der Waals surface area contributed by atoms with Crippen LogP contribution in [0.3, 0.4) is 0 Å². The first-order valence-electron chi connectivity index (χ1n) is 9.38. The molecule has 0 aromatic heterocycles. The van der Waals surface area contributed by atoms with E-state index in [0.29, 0.717) is 11.7 Å². The summed E-state index contributed by atoms with van der Waals surface area (Å²) >= 11 is 0. The minimum Gasteiger partial charge on any atom is -0.402 e. The number of allylic oxidation sites excluding steroid dienone is 2. The van der Waals surface area contributed by atoms with Crippen molar-refractivity contribution < 1.29 is 9.22 Å². The van der Waals surface area contributed by atoms with Gasteiger partial charge in [-0.25, -0.2) is 0 Å². The second-order valence-electron chi connectivity index (χ2n) is 9.32. The number of carbonyl (C=O) groups is 1. The molecular formula is C21H34O2Si. The Bertz CT molecular complexity index is 585. The summed E-state index contributed by atoms with van der Waals surface area (Å²) in [4.78, 5) is 12.3. The average Bonchev–Trinajstić information content (AvgIpc) is 2.74. The molecule has 0 aliphatic heterocycles. The van der Waals surface area contributed by atoms with Crippen LogP contribution in [0, 0.1) is 29.1 Å². The fraction of sp³-hybridized carbons (Fsp3) is 0.762. The summed E-state index contributed by atoms with van der Waals surface area (Å²) in [6, 6.07) is 0. The summed E-state index contributed by atoms with van der Waals surface area (Å²) in [7, 11) is -1.59. The Morgan fingerprint density at radius 3 is 2.71 bits per heavy atom. The molecule has 0 aromatic rings. The van der Waals surface area contributed by atoms with Gasteiger partial charge in [0.15, 0.2) is 8.32 Å². The number of hydrogen-bond donors (Lipinski definition) is 0. The van der Waals surface area contributed by atoms with Crippen molar-refractivity contribution in [1.82, 2.24) is 0 Å². The van der Waals surface area contributed by atoms with Crippen molar-refractivity contribution in [2.75, 3.05) is 0 Å². The Hall–Kier alpha value is -0.853. The molecule has 134 valence electrons. The Balaban J connectivity index is 2.03. The molecule has 0 radical (unpaired) electrons. The maximum absolute atomic E-state index is 12.3. The van der Waals surface area contributed by atoms with E-state index < -0.39 is 8.32 Å². The topological polar surface area (TPSA) is 26.3 Å². The summed E-state index contributed by atoms with van der Waals surface area (Å²) in [5, 5.41) is 0. The minimum absolute atomic E-state index is 0.0841. The first-order chi connectivity index (χ1) is 10.9. The molecule has 0 spiro atoms. The maximum Gasteiger partial charge on any atom is 0.185 e. The van der Waals surface area contributed by atoms with E-state index in [2.05, 4.69) is 65.3 Å². The predicted molar refractivity (Wildman–Crippen MR) is 103 cm³/mol. The zero-order chi connectivity index (χ0) is 18.2. The zero-order valence-electron chi connectivity index (χ0n) is 16.6. The quantitative estimate of drug-likeness (QED) is 0.389. The van der Waals surface area contributed by atoms with Gasteiger partial charge in [-0.2, -0.15) is 0 Å². The van der Waals surface area contributed by atoms with Crippen LogP contribution >= 0.6 is 0 Å². The second-order valence-corrected chi connectivity index (χ2v) is 13.7. The van der Waals surface area contributed by atoms with E-state index in [1.54, 1.807) is 0 Å². The fourth-order valence-corrected chi connectivity index (χ4v) is 6.21. The highest BCUT2D eigenvalue weighted by Gasteiger charge is 2.47. The van der Waals surface area contributed by atoms with E-state index in [1.807, 2.05) is 0 Å². The second kappa shape index (κ2) is 6.81. The average molecular weight is 347 g/mol. The molecule has 2 rings (SSSR count). The van der Waals surface area contributed by atoms with Crippen LogP contribution in [0.5, 0.6) is 0 Å². The SMILES string of the molecule is C[C@H](CC#CC(C)(C)O[Si](C)(C)C)C1=CC[C@@H]2C(=O)CCC[C@@]12C. The Labute approximate surface area is 149 Å². The molecule has 1 fully saturated rings. The smallest absolute Gasteiger partial charge is 0.185 e. The third-order valence-corrected chi connectivity index (χ3v) is 6.52. The van der Waals surface area contributed by atoms with E-state index in [-0.39, 0.29) is 16.9 Å². The van der Waals surface area contributed by atoms with Gasteiger partial charge in [0.25, 0.3) is 0 Å². The largest absolute Gasteiger partial charge is 0.402 e. The Morgan fingerprint density at radius 2 is 2.08 bits per heavy atom. The van der Waals surface area contributed by atoms with Gasteiger partial charge in [0.2, 0.25) is 0 Å². The summed E-state index contributed by atoms with van der Waals surface area (Å²) in [5.74, 6) is 7.82. The molecule has 0 N–H and O–H groups in total. The van der Waals surface area contributed by atoms with E-state index in [4.69, 9.17) is 4.43 Å². The van der Waals surface area contributed by atoms with Crippen LogP contribution < -0.4 is 0 Å². The van der Waals surface area contributed by atoms with Crippen LogP contribution in [-0.4, -0.2) is 19.7 Å². The molecule has 24 heavy (non-hydrogen) atoms. The highest BCUT2D eigenvalue weighted by atomic mass is 28.4. The van der Waals surface area contributed by atoms with Gasteiger partial charge in [-0.15, -0.1) is 0 Å². The molecule has 3 atom stereocenters. The minimum atomic E-state index is -1.59. The van der Waals surface area contributed by atoms with Gasteiger partial charge in [0, 0.05) is 18.8 Å². The van der Waals surface area contributed by atoms with Gasteiger partial charge >= 0.3 is 0 Å².